The van der Waals surface area contributed by atoms with Gasteiger partial charge in [0.1, 0.15) is 0 Å². The summed E-state index contributed by atoms with van der Waals surface area (Å²) >= 11 is 6.91. The SMILES string of the molecule is Cc1ccc(Br)cc1Cc1nc(-c2cc3cc(Br)ccc3[nH]c2=O)no1. The van der Waals surface area contributed by atoms with E-state index < -0.39 is 0 Å². The van der Waals surface area contributed by atoms with Gasteiger partial charge in [-0.1, -0.05) is 43.1 Å². The maximum Gasteiger partial charge on any atom is 0.259 e. The number of benzene rings is 2. The molecule has 0 unspecified atom stereocenters. The van der Waals surface area contributed by atoms with Gasteiger partial charge in [-0.25, -0.2) is 0 Å². The predicted octanol–water partition coefficient (Wildman–Crippen LogP) is 5.00. The summed E-state index contributed by atoms with van der Waals surface area (Å²) in [4.78, 5) is 19.7. The number of nitrogens with zero attached hydrogens (tertiary/aromatic N) is 2. The summed E-state index contributed by atoms with van der Waals surface area (Å²) < 4.78 is 7.30. The summed E-state index contributed by atoms with van der Waals surface area (Å²) in [5.41, 5.74) is 3.13. The van der Waals surface area contributed by atoms with Crippen LogP contribution in [0.1, 0.15) is 17.0 Å². The molecule has 0 atom stereocenters. The molecule has 0 radical (unpaired) electrons. The molecule has 1 N–H and O–H groups in total. The molecule has 7 heteroatoms. The van der Waals surface area contributed by atoms with Gasteiger partial charge < -0.3 is 9.51 Å². The van der Waals surface area contributed by atoms with E-state index in [9.17, 15) is 4.79 Å². The Hall–Kier alpha value is -2.25. The molecule has 0 spiro atoms. The van der Waals surface area contributed by atoms with Crippen LogP contribution in [0.4, 0.5) is 0 Å². The molecule has 4 rings (SSSR count). The van der Waals surface area contributed by atoms with Crippen LogP contribution >= 0.6 is 31.9 Å². The lowest BCUT2D eigenvalue weighted by Crippen LogP contribution is -2.09. The summed E-state index contributed by atoms with van der Waals surface area (Å²) in [7, 11) is 0. The van der Waals surface area contributed by atoms with E-state index in [0.717, 1.165) is 31.0 Å². The van der Waals surface area contributed by atoms with Crippen LogP contribution in [0.3, 0.4) is 0 Å². The number of hydrogen-bond donors (Lipinski definition) is 1. The molecular weight excluding hydrogens is 462 g/mol. The Kier molecular flexibility index (Phi) is 4.50. The second kappa shape index (κ2) is 6.81. The number of nitrogens with one attached hydrogen (secondary N) is 1. The Morgan fingerprint density at radius 3 is 2.69 bits per heavy atom. The fourth-order valence-corrected chi connectivity index (χ4v) is 3.56. The van der Waals surface area contributed by atoms with Crippen LogP contribution < -0.4 is 5.56 Å². The first-order chi connectivity index (χ1) is 12.5. The molecule has 2 heterocycles. The molecule has 2 aromatic carbocycles. The summed E-state index contributed by atoms with van der Waals surface area (Å²) in [6.45, 7) is 2.03. The van der Waals surface area contributed by atoms with Gasteiger partial charge in [0.25, 0.3) is 5.56 Å². The lowest BCUT2D eigenvalue weighted by molar-refractivity contribution is 0.385. The molecule has 5 nitrogen and oxygen atoms in total. The highest BCUT2D eigenvalue weighted by molar-refractivity contribution is 9.10. The minimum absolute atomic E-state index is 0.245. The number of pyridine rings is 1. The topological polar surface area (TPSA) is 71.8 Å². The van der Waals surface area contributed by atoms with E-state index in [1.165, 1.54) is 0 Å². The molecule has 4 aromatic rings. The van der Waals surface area contributed by atoms with Gasteiger partial charge in [-0.3, -0.25) is 4.79 Å². The van der Waals surface area contributed by atoms with Gasteiger partial charge in [-0.05, 0) is 54.4 Å². The van der Waals surface area contributed by atoms with Gasteiger partial charge in [-0.2, -0.15) is 4.98 Å². The third kappa shape index (κ3) is 3.37. The Morgan fingerprint density at radius 1 is 1.08 bits per heavy atom. The van der Waals surface area contributed by atoms with Gasteiger partial charge in [-0.15, -0.1) is 0 Å². The normalized spacial score (nSPS) is 11.2. The zero-order valence-corrected chi connectivity index (χ0v) is 16.9. The van der Waals surface area contributed by atoms with Crippen molar-refractivity contribution in [3.63, 3.8) is 0 Å². The first-order valence-corrected chi connectivity index (χ1v) is 9.49. The Labute approximate surface area is 165 Å². The molecule has 0 saturated heterocycles. The average molecular weight is 475 g/mol. The number of aromatic nitrogens is 3. The van der Waals surface area contributed by atoms with E-state index in [4.69, 9.17) is 4.52 Å². The Bertz CT molecular complexity index is 1180. The van der Waals surface area contributed by atoms with Crippen molar-refractivity contribution >= 4 is 42.8 Å². The van der Waals surface area contributed by atoms with Gasteiger partial charge in [0.2, 0.25) is 11.7 Å². The van der Waals surface area contributed by atoms with Crippen molar-refractivity contribution in [3.05, 3.63) is 78.8 Å². The number of halogens is 2. The van der Waals surface area contributed by atoms with E-state index in [-0.39, 0.29) is 11.4 Å². The molecule has 0 bridgehead atoms. The zero-order valence-electron chi connectivity index (χ0n) is 13.7. The van der Waals surface area contributed by atoms with E-state index in [0.29, 0.717) is 17.9 Å². The van der Waals surface area contributed by atoms with Crippen molar-refractivity contribution in [1.82, 2.24) is 15.1 Å². The molecule has 0 saturated carbocycles. The maximum absolute atomic E-state index is 12.4. The minimum atomic E-state index is -0.245. The van der Waals surface area contributed by atoms with Crippen molar-refractivity contribution in [1.29, 1.82) is 0 Å². The highest BCUT2D eigenvalue weighted by Gasteiger charge is 2.14. The summed E-state index contributed by atoms with van der Waals surface area (Å²) in [6, 6.07) is 13.5. The highest BCUT2D eigenvalue weighted by atomic mass is 79.9. The minimum Gasteiger partial charge on any atom is -0.339 e. The molecular formula is C19H13Br2N3O2. The summed E-state index contributed by atoms with van der Waals surface area (Å²) in [5, 5.41) is 4.89. The molecule has 2 aromatic heterocycles. The molecule has 0 aliphatic rings. The van der Waals surface area contributed by atoms with Gasteiger partial charge in [0.05, 0.1) is 12.0 Å². The fourth-order valence-electron chi connectivity index (χ4n) is 2.77. The fraction of sp³-hybridized carbons (Fsp3) is 0.105. The van der Waals surface area contributed by atoms with Crippen LogP contribution in [-0.2, 0) is 6.42 Å². The maximum atomic E-state index is 12.4. The summed E-state index contributed by atoms with van der Waals surface area (Å²) in [5.74, 6) is 0.755. The molecule has 130 valence electrons. The molecule has 0 aliphatic carbocycles. The number of aryl methyl sites for hydroxylation is 1. The largest absolute Gasteiger partial charge is 0.339 e. The second-order valence-corrected chi connectivity index (χ2v) is 7.83. The second-order valence-electron chi connectivity index (χ2n) is 6.00. The number of rotatable bonds is 3. The molecule has 0 aliphatic heterocycles. The lowest BCUT2D eigenvalue weighted by Gasteiger charge is -2.03. The van der Waals surface area contributed by atoms with Gasteiger partial charge in [0, 0.05) is 19.8 Å². The first kappa shape index (κ1) is 17.2. The first-order valence-electron chi connectivity index (χ1n) is 7.90. The van der Waals surface area contributed by atoms with Crippen LogP contribution in [0, 0.1) is 6.92 Å². The van der Waals surface area contributed by atoms with E-state index >= 15 is 0 Å². The van der Waals surface area contributed by atoms with E-state index in [2.05, 4.69) is 47.0 Å². The van der Waals surface area contributed by atoms with E-state index in [1.54, 1.807) is 6.07 Å². The number of fused-ring (bicyclic) bond motifs is 1. The number of hydrogen-bond acceptors (Lipinski definition) is 4. The zero-order chi connectivity index (χ0) is 18.3. The smallest absolute Gasteiger partial charge is 0.259 e. The third-order valence-corrected chi connectivity index (χ3v) is 5.15. The summed E-state index contributed by atoms with van der Waals surface area (Å²) in [6.07, 6.45) is 0.509. The quantitative estimate of drug-likeness (QED) is 0.453. The van der Waals surface area contributed by atoms with Crippen molar-refractivity contribution in [2.24, 2.45) is 0 Å². The third-order valence-electron chi connectivity index (χ3n) is 4.17. The van der Waals surface area contributed by atoms with Crippen LogP contribution in [-0.4, -0.2) is 15.1 Å². The molecule has 26 heavy (non-hydrogen) atoms. The van der Waals surface area contributed by atoms with E-state index in [1.807, 2.05) is 43.3 Å². The van der Waals surface area contributed by atoms with Crippen molar-refractivity contribution in [2.75, 3.05) is 0 Å². The van der Waals surface area contributed by atoms with Gasteiger partial charge >= 0.3 is 0 Å². The number of aromatic amines is 1. The number of H-pyrrole nitrogens is 1. The van der Waals surface area contributed by atoms with Crippen molar-refractivity contribution in [2.45, 2.75) is 13.3 Å². The predicted molar refractivity (Wildman–Crippen MR) is 107 cm³/mol. The van der Waals surface area contributed by atoms with Crippen LogP contribution in [0.15, 0.2) is 60.7 Å². The standard InChI is InChI=1S/C19H13Br2N3O2/c1-10-2-3-13(20)6-11(10)9-17-23-18(24-26-17)15-8-12-7-14(21)4-5-16(12)22-19(15)25/h2-8H,9H2,1H3,(H,22,25). The Balaban J connectivity index is 1.72. The molecule has 0 fully saturated rings. The van der Waals surface area contributed by atoms with Gasteiger partial charge in [0.15, 0.2) is 0 Å². The average Bonchev–Trinajstić information content (AvgIpc) is 3.06. The molecule has 0 amide bonds. The van der Waals surface area contributed by atoms with Crippen LogP contribution in [0.25, 0.3) is 22.3 Å². The Morgan fingerprint density at radius 2 is 1.85 bits per heavy atom. The lowest BCUT2D eigenvalue weighted by atomic mass is 10.1. The van der Waals surface area contributed by atoms with Crippen molar-refractivity contribution < 1.29 is 4.52 Å². The highest BCUT2D eigenvalue weighted by Crippen LogP contribution is 2.22. The van der Waals surface area contributed by atoms with Crippen LogP contribution in [0.5, 0.6) is 0 Å². The monoisotopic (exact) mass is 473 g/mol. The van der Waals surface area contributed by atoms with Crippen molar-refractivity contribution in [3.8, 4) is 11.4 Å². The van der Waals surface area contributed by atoms with Crippen LogP contribution in [0.2, 0.25) is 0 Å².